The first-order valence-corrected chi connectivity index (χ1v) is 6.38. The molecule has 0 heterocycles. The minimum Gasteiger partial charge on any atom is -0.399 e. The molecule has 5 nitrogen and oxygen atoms in total. The number of nitrogens with one attached hydrogen (secondary N) is 1. The lowest BCUT2D eigenvalue weighted by molar-refractivity contribution is 0.0825. The second-order valence-corrected chi connectivity index (χ2v) is 4.85. The third kappa shape index (κ3) is 4.79. The number of nitrogens with two attached hydrogens (primary N) is 1. The minimum atomic E-state index is -0.0488. The van der Waals surface area contributed by atoms with Crippen LogP contribution < -0.4 is 11.1 Å². The molecule has 0 unspecified atom stereocenters. The Labute approximate surface area is 114 Å². The SMILES string of the molecule is CC(C)OCCNc1cc(N)ccc1C(=O)N(C)C. The second kappa shape index (κ2) is 6.99. The van der Waals surface area contributed by atoms with Gasteiger partial charge in [0, 0.05) is 32.0 Å². The zero-order valence-corrected chi connectivity index (χ0v) is 12.1. The predicted molar refractivity (Wildman–Crippen MR) is 78.4 cm³/mol. The highest BCUT2D eigenvalue weighted by Gasteiger charge is 2.13. The van der Waals surface area contributed by atoms with Crippen molar-refractivity contribution < 1.29 is 9.53 Å². The topological polar surface area (TPSA) is 67.6 Å². The van der Waals surface area contributed by atoms with Crippen molar-refractivity contribution in [1.29, 1.82) is 0 Å². The van der Waals surface area contributed by atoms with E-state index in [9.17, 15) is 4.79 Å². The van der Waals surface area contributed by atoms with E-state index in [4.69, 9.17) is 10.5 Å². The van der Waals surface area contributed by atoms with Gasteiger partial charge in [0.1, 0.15) is 0 Å². The zero-order valence-electron chi connectivity index (χ0n) is 12.1. The first kappa shape index (κ1) is 15.3. The monoisotopic (exact) mass is 265 g/mol. The van der Waals surface area contributed by atoms with Crippen LogP contribution in [-0.2, 0) is 4.74 Å². The van der Waals surface area contributed by atoms with Crippen molar-refractivity contribution in [2.75, 3.05) is 38.3 Å². The number of benzene rings is 1. The highest BCUT2D eigenvalue weighted by atomic mass is 16.5. The number of nitrogens with zero attached hydrogens (tertiary/aromatic N) is 1. The average molecular weight is 265 g/mol. The van der Waals surface area contributed by atoms with Gasteiger partial charge >= 0.3 is 0 Å². The van der Waals surface area contributed by atoms with E-state index in [1.165, 1.54) is 0 Å². The Morgan fingerprint density at radius 3 is 2.68 bits per heavy atom. The molecule has 5 heteroatoms. The molecule has 0 saturated carbocycles. The Kier molecular flexibility index (Phi) is 5.63. The summed E-state index contributed by atoms with van der Waals surface area (Å²) in [5.41, 5.74) is 7.74. The van der Waals surface area contributed by atoms with Gasteiger partial charge in [-0.3, -0.25) is 4.79 Å². The Morgan fingerprint density at radius 1 is 1.42 bits per heavy atom. The molecular weight excluding hydrogens is 242 g/mol. The van der Waals surface area contributed by atoms with Gasteiger partial charge in [-0.15, -0.1) is 0 Å². The van der Waals surface area contributed by atoms with Gasteiger partial charge in [0.15, 0.2) is 0 Å². The highest BCUT2D eigenvalue weighted by Crippen LogP contribution is 2.20. The van der Waals surface area contributed by atoms with E-state index in [1.54, 1.807) is 37.2 Å². The van der Waals surface area contributed by atoms with Crippen LogP contribution in [0.25, 0.3) is 0 Å². The van der Waals surface area contributed by atoms with Crippen LogP contribution in [0.2, 0.25) is 0 Å². The molecule has 0 bridgehead atoms. The van der Waals surface area contributed by atoms with Crippen molar-refractivity contribution >= 4 is 17.3 Å². The fraction of sp³-hybridized carbons (Fsp3) is 0.500. The largest absolute Gasteiger partial charge is 0.399 e. The Balaban J connectivity index is 2.74. The Hall–Kier alpha value is -1.75. The van der Waals surface area contributed by atoms with Gasteiger partial charge in [-0.25, -0.2) is 0 Å². The maximum atomic E-state index is 12.0. The molecule has 0 fully saturated rings. The molecule has 1 aromatic carbocycles. The lowest BCUT2D eigenvalue weighted by atomic mass is 10.1. The first-order chi connectivity index (χ1) is 8.91. The van der Waals surface area contributed by atoms with Gasteiger partial charge < -0.3 is 20.7 Å². The molecule has 1 rings (SSSR count). The normalized spacial score (nSPS) is 10.6. The van der Waals surface area contributed by atoms with Crippen molar-refractivity contribution in [2.45, 2.75) is 20.0 Å². The third-order valence-corrected chi connectivity index (χ3v) is 2.55. The van der Waals surface area contributed by atoms with Crippen LogP contribution in [0.1, 0.15) is 24.2 Å². The van der Waals surface area contributed by atoms with Gasteiger partial charge in [0.05, 0.1) is 18.3 Å². The number of hydrogen-bond donors (Lipinski definition) is 2. The summed E-state index contributed by atoms with van der Waals surface area (Å²) in [5, 5.41) is 3.19. The van der Waals surface area contributed by atoms with E-state index in [0.717, 1.165) is 5.69 Å². The summed E-state index contributed by atoms with van der Waals surface area (Å²) in [5.74, 6) is -0.0488. The minimum absolute atomic E-state index is 0.0488. The highest BCUT2D eigenvalue weighted by molar-refractivity contribution is 5.99. The first-order valence-electron chi connectivity index (χ1n) is 6.38. The van der Waals surface area contributed by atoms with Crippen LogP contribution in [0.4, 0.5) is 11.4 Å². The maximum Gasteiger partial charge on any atom is 0.255 e. The molecule has 19 heavy (non-hydrogen) atoms. The molecular formula is C14H23N3O2. The molecule has 0 atom stereocenters. The molecule has 0 aliphatic rings. The predicted octanol–water partition coefficient (Wildman–Crippen LogP) is 1.81. The molecule has 3 N–H and O–H groups in total. The Morgan fingerprint density at radius 2 is 2.11 bits per heavy atom. The van der Waals surface area contributed by atoms with Crippen molar-refractivity contribution in [1.82, 2.24) is 4.90 Å². The van der Waals surface area contributed by atoms with Crippen LogP contribution in [0, 0.1) is 0 Å². The summed E-state index contributed by atoms with van der Waals surface area (Å²) < 4.78 is 5.45. The fourth-order valence-corrected chi connectivity index (χ4v) is 1.62. The van der Waals surface area contributed by atoms with Crippen LogP contribution in [0.3, 0.4) is 0 Å². The molecule has 0 aliphatic carbocycles. The molecule has 1 amide bonds. The number of amides is 1. The zero-order chi connectivity index (χ0) is 14.4. The maximum absolute atomic E-state index is 12.0. The van der Waals surface area contributed by atoms with E-state index in [0.29, 0.717) is 24.4 Å². The fourth-order valence-electron chi connectivity index (χ4n) is 1.62. The molecule has 0 spiro atoms. The molecule has 106 valence electrons. The standard InChI is InChI=1S/C14H23N3O2/c1-10(2)19-8-7-16-13-9-11(15)5-6-12(13)14(18)17(3)4/h5-6,9-10,16H,7-8,15H2,1-4H3. The number of ether oxygens (including phenoxy) is 1. The van der Waals surface area contributed by atoms with E-state index >= 15 is 0 Å². The molecule has 1 aromatic rings. The van der Waals surface area contributed by atoms with Crippen LogP contribution >= 0.6 is 0 Å². The van der Waals surface area contributed by atoms with Crippen molar-refractivity contribution in [3.8, 4) is 0 Å². The smallest absolute Gasteiger partial charge is 0.255 e. The van der Waals surface area contributed by atoms with E-state index < -0.39 is 0 Å². The molecule has 0 aliphatic heterocycles. The number of nitrogen functional groups attached to an aromatic ring is 1. The van der Waals surface area contributed by atoms with Crippen molar-refractivity contribution in [2.24, 2.45) is 0 Å². The summed E-state index contributed by atoms with van der Waals surface area (Å²) in [6, 6.07) is 5.24. The van der Waals surface area contributed by atoms with Crippen molar-refractivity contribution in [3.05, 3.63) is 23.8 Å². The quantitative estimate of drug-likeness (QED) is 0.608. The lowest BCUT2D eigenvalue weighted by Gasteiger charge is -2.16. The van der Waals surface area contributed by atoms with E-state index in [1.807, 2.05) is 13.8 Å². The summed E-state index contributed by atoms with van der Waals surface area (Å²) in [6.07, 6.45) is 0.200. The number of anilines is 2. The van der Waals surface area contributed by atoms with Crippen molar-refractivity contribution in [3.63, 3.8) is 0 Å². The number of hydrogen-bond acceptors (Lipinski definition) is 4. The molecule has 0 radical (unpaired) electrons. The lowest BCUT2D eigenvalue weighted by Crippen LogP contribution is -2.23. The van der Waals surface area contributed by atoms with E-state index in [2.05, 4.69) is 5.32 Å². The molecule has 0 aromatic heterocycles. The van der Waals surface area contributed by atoms with Crippen LogP contribution in [0.15, 0.2) is 18.2 Å². The van der Waals surface area contributed by atoms with Crippen LogP contribution in [-0.4, -0.2) is 44.2 Å². The van der Waals surface area contributed by atoms with Gasteiger partial charge in [0.25, 0.3) is 5.91 Å². The Bertz CT molecular complexity index is 431. The van der Waals surface area contributed by atoms with Gasteiger partial charge in [-0.2, -0.15) is 0 Å². The number of rotatable bonds is 6. The summed E-state index contributed by atoms with van der Waals surface area (Å²) in [4.78, 5) is 13.6. The van der Waals surface area contributed by atoms with Crippen LogP contribution in [0.5, 0.6) is 0 Å². The average Bonchev–Trinajstić information content (AvgIpc) is 2.33. The molecule has 0 saturated heterocycles. The van der Waals surface area contributed by atoms with Gasteiger partial charge in [-0.05, 0) is 32.0 Å². The van der Waals surface area contributed by atoms with Gasteiger partial charge in [0.2, 0.25) is 0 Å². The number of carbonyl (C=O) groups is 1. The summed E-state index contributed by atoms with van der Waals surface area (Å²) in [7, 11) is 3.45. The summed E-state index contributed by atoms with van der Waals surface area (Å²) >= 11 is 0. The number of carbonyl (C=O) groups excluding carboxylic acids is 1. The third-order valence-electron chi connectivity index (χ3n) is 2.55. The van der Waals surface area contributed by atoms with E-state index in [-0.39, 0.29) is 12.0 Å². The van der Waals surface area contributed by atoms with Gasteiger partial charge in [-0.1, -0.05) is 0 Å². The summed E-state index contributed by atoms with van der Waals surface area (Å²) in [6.45, 7) is 5.19. The second-order valence-electron chi connectivity index (χ2n) is 4.85.